The van der Waals surface area contributed by atoms with Crippen LogP contribution in [0.4, 0.5) is 11.8 Å². The molecule has 40 heavy (non-hydrogen) atoms. The molecule has 2 aliphatic heterocycles. The van der Waals surface area contributed by atoms with Gasteiger partial charge in [-0.05, 0) is 64.9 Å². The van der Waals surface area contributed by atoms with Gasteiger partial charge in [0.05, 0.1) is 36.0 Å². The van der Waals surface area contributed by atoms with Crippen molar-refractivity contribution in [2.24, 2.45) is 0 Å². The summed E-state index contributed by atoms with van der Waals surface area (Å²) in [7, 11) is 1.60. The summed E-state index contributed by atoms with van der Waals surface area (Å²) in [6.45, 7) is 7.80. The lowest BCUT2D eigenvalue weighted by atomic mass is 10.1. The quantitative estimate of drug-likeness (QED) is 0.204. The van der Waals surface area contributed by atoms with E-state index in [1.807, 2.05) is 13.8 Å². The number of pyridine rings is 1. The van der Waals surface area contributed by atoms with Crippen molar-refractivity contribution < 1.29 is 14.3 Å². The highest BCUT2D eigenvalue weighted by atomic mass is 35.5. The van der Waals surface area contributed by atoms with Crippen LogP contribution in [0.1, 0.15) is 57.7 Å². The number of halogens is 1. The molecule has 0 unspecified atom stereocenters. The molecular formula is C28H33ClN8O3. The first-order valence-corrected chi connectivity index (χ1v) is 13.7. The molecule has 3 aromatic rings. The zero-order valence-corrected chi connectivity index (χ0v) is 23.6. The lowest BCUT2D eigenvalue weighted by molar-refractivity contribution is -0.113. The van der Waals surface area contributed by atoms with Gasteiger partial charge in [-0.3, -0.25) is 19.5 Å². The molecule has 0 bridgehead atoms. The van der Waals surface area contributed by atoms with Gasteiger partial charge in [0.25, 0.3) is 11.8 Å². The van der Waals surface area contributed by atoms with Gasteiger partial charge in [0.1, 0.15) is 10.9 Å². The van der Waals surface area contributed by atoms with Crippen LogP contribution in [0.15, 0.2) is 18.5 Å². The van der Waals surface area contributed by atoms with E-state index in [1.165, 1.54) is 17.7 Å². The lowest BCUT2D eigenvalue weighted by Gasteiger charge is -2.19. The van der Waals surface area contributed by atoms with Crippen molar-refractivity contribution in [3.63, 3.8) is 0 Å². The van der Waals surface area contributed by atoms with Crippen molar-refractivity contribution in [3.8, 4) is 5.75 Å². The average molecular weight is 565 g/mol. The standard InChI is InChI=1S/C28H33ClN8O3/c1-16-13-33-21(17(2)23(16)40-3)15-37-25-22(24(29)34-28(30)35-25)20(27(37)39)12-19-11-18(14-32-19)26(38)31-7-6-10-36-8-4-5-9-36/h11-14,32H,4-10,15H2,1-3H3,(H,31,38)(H2,30,34,35)/b20-12-. The summed E-state index contributed by atoms with van der Waals surface area (Å²) in [6, 6.07) is 1.70. The van der Waals surface area contributed by atoms with Crippen molar-refractivity contribution in [3.05, 3.63) is 57.3 Å². The first-order valence-electron chi connectivity index (χ1n) is 13.3. The smallest absolute Gasteiger partial charge is 0.260 e. The molecule has 5 rings (SSSR count). The second-order valence-electron chi connectivity index (χ2n) is 10.1. The first kappa shape index (κ1) is 27.6. The molecule has 12 heteroatoms. The van der Waals surface area contributed by atoms with Crippen LogP contribution in [0.5, 0.6) is 5.75 Å². The normalized spacial score (nSPS) is 16.1. The molecule has 4 N–H and O–H groups in total. The summed E-state index contributed by atoms with van der Waals surface area (Å²) < 4.78 is 5.53. The van der Waals surface area contributed by atoms with Gasteiger partial charge in [-0.25, -0.2) is 4.98 Å². The molecule has 0 aliphatic carbocycles. The number of H-pyrrole nitrogens is 1. The van der Waals surface area contributed by atoms with Crippen molar-refractivity contribution in [1.29, 1.82) is 0 Å². The molecule has 0 radical (unpaired) electrons. The molecular weight excluding hydrogens is 532 g/mol. The second-order valence-corrected chi connectivity index (χ2v) is 10.4. The van der Waals surface area contributed by atoms with Gasteiger partial charge >= 0.3 is 0 Å². The minimum absolute atomic E-state index is 0.0440. The van der Waals surface area contributed by atoms with E-state index >= 15 is 0 Å². The molecule has 5 heterocycles. The van der Waals surface area contributed by atoms with E-state index in [9.17, 15) is 9.59 Å². The zero-order chi connectivity index (χ0) is 28.4. The second kappa shape index (κ2) is 11.6. The number of nitrogen functional groups attached to an aromatic ring is 1. The number of aryl methyl sites for hydroxylation is 1. The minimum Gasteiger partial charge on any atom is -0.496 e. The Morgan fingerprint density at radius 2 is 2.05 bits per heavy atom. The molecule has 0 spiro atoms. The summed E-state index contributed by atoms with van der Waals surface area (Å²) in [5.41, 5.74) is 9.97. The number of carbonyl (C=O) groups is 2. The molecule has 1 saturated heterocycles. The van der Waals surface area contributed by atoms with Crippen molar-refractivity contribution in [2.45, 2.75) is 39.7 Å². The van der Waals surface area contributed by atoms with E-state index in [0.717, 1.165) is 37.2 Å². The highest BCUT2D eigenvalue weighted by Gasteiger charge is 2.37. The number of amides is 2. The van der Waals surface area contributed by atoms with E-state index < -0.39 is 0 Å². The minimum atomic E-state index is -0.333. The number of aromatic nitrogens is 4. The van der Waals surface area contributed by atoms with Gasteiger partial charge < -0.3 is 25.7 Å². The van der Waals surface area contributed by atoms with Crippen molar-refractivity contribution in [2.75, 3.05) is 43.9 Å². The summed E-state index contributed by atoms with van der Waals surface area (Å²) in [5.74, 6) is 0.460. The van der Waals surface area contributed by atoms with Gasteiger partial charge in [-0.15, -0.1) is 0 Å². The number of nitrogens with two attached hydrogens (primary N) is 1. The number of hydrogen-bond donors (Lipinski definition) is 3. The van der Waals surface area contributed by atoms with E-state index in [4.69, 9.17) is 22.1 Å². The van der Waals surface area contributed by atoms with Gasteiger partial charge in [0.15, 0.2) is 5.82 Å². The molecule has 3 aromatic heterocycles. The highest BCUT2D eigenvalue weighted by molar-refractivity contribution is 6.41. The lowest BCUT2D eigenvalue weighted by Crippen LogP contribution is -2.28. The van der Waals surface area contributed by atoms with E-state index in [-0.39, 0.29) is 35.0 Å². The highest BCUT2D eigenvalue weighted by Crippen LogP contribution is 2.41. The Kier molecular flexibility index (Phi) is 8.04. The third-order valence-electron chi connectivity index (χ3n) is 7.32. The number of nitrogens with zero attached hydrogens (tertiary/aromatic N) is 5. The SMILES string of the molecule is COc1c(C)cnc(CN2C(=O)/C(=C\c3cc(C(=O)NCCCN4CCCC4)c[nH]3)c3c(Cl)nc(N)nc32)c1C. The van der Waals surface area contributed by atoms with Crippen LogP contribution in [0.25, 0.3) is 11.6 Å². The molecule has 0 atom stereocenters. The monoisotopic (exact) mass is 564 g/mol. The summed E-state index contributed by atoms with van der Waals surface area (Å²) >= 11 is 6.48. The number of hydrogen-bond acceptors (Lipinski definition) is 8. The largest absolute Gasteiger partial charge is 0.496 e. The van der Waals surface area contributed by atoms with Gasteiger partial charge in [0.2, 0.25) is 5.95 Å². The fourth-order valence-corrected chi connectivity index (χ4v) is 5.54. The Hall–Kier alpha value is -3.96. The third-order valence-corrected chi connectivity index (χ3v) is 7.60. The summed E-state index contributed by atoms with van der Waals surface area (Å²) in [5, 5.41) is 3.04. The van der Waals surface area contributed by atoms with Crippen LogP contribution in [0.3, 0.4) is 0 Å². The molecule has 0 saturated carbocycles. The summed E-state index contributed by atoms with van der Waals surface area (Å²) in [4.78, 5) is 46.3. The Balaban J connectivity index is 1.36. The fraction of sp³-hybridized carbons (Fsp3) is 0.393. The topological polar surface area (TPSA) is 142 Å². The third kappa shape index (κ3) is 5.52. The van der Waals surface area contributed by atoms with E-state index in [2.05, 4.69) is 30.2 Å². The van der Waals surface area contributed by atoms with Gasteiger partial charge in [-0.1, -0.05) is 11.6 Å². The maximum absolute atomic E-state index is 13.7. The predicted octanol–water partition coefficient (Wildman–Crippen LogP) is 3.36. The van der Waals surface area contributed by atoms with Gasteiger partial charge in [-0.2, -0.15) is 4.98 Å². The number of likely N-dealkylation sites (tertiary alicyclic amines) is 1. The fourth-order valence-electron chi connectivity index (χ4n) is 5.27. The molecule has 1 fully saturated rings. The molecule has 2 amide bonds. The number of methoxy groups -OCH3 is 1. The van der Waals surface area contributed by atoms with Crippen LogP contribution >= 0.6 is 11.6 Å². The van der Waals surface area contributed by atoms with Crippen LogP contribution in [-0.2, 0) is 11.3 Å². The Bertz CT molecular complexity index is 1480. The van der Waals surface area contributed by atoms with Crippen LogP contribution in [0, 0.1) is 13.8 Å². The number of fused-ring (bicyclic) bond motifs is 1. The van der Waals surface area contributed by atoms with Gasteiger partial charge in [0, 0.05) is 35.8 Å². The number of rotatable bonds is 9. The van der Waals surface area contributed by atoms with Crippen molar-refractivity contribution in [1.82, 2.24) is 30.2 Å². The van der Waals surface area contributed by atoms with Crippen LogP contribution in [-0.4, -0.2) is 69.9 Å². The first-order chi connectivity index (χ1) is 19.3. The van der Waals surface area contributed by atoms with E-state index in [0.29, 0.717) is 40.6 Å². The van der Waals surface area contributed by atoms with Crippen molar-refractivity contribution >= 4 is 46.8 Å². The number of nitrogens with one attached hydrogen (secondary N) is 2. The number of aromatic amines is 1. The Labute approximate surface area is 237 Å². The Morgan fingerprint density at radius 3 is 2.80 bits per heavy atom. The summed E-state index contributed by atoms with van der Waals surface area (Å²) in [6.07, 6.45) is 8.37. The van der Waals surface area contributed by atoms with E-state index in [1.54, 1.807) is 31.6 Å². The maximum Gasteiger partial charge on any atom is 0.260 e. The molecule has 11 nitrogen and oxygen atoms in total. The molecule has 210 valence electrons. The van der Waals surface area contributed by atoms with Crippen LogP contribution < -0.4 is 20.7 Å². The maximum atomic E-state index is 13.7. The molecule has 2 aliphatic rings. The average Bonchev–Trinajstić information content (AvgIpc) is 3.66. The number of anilines is 2. The van der Waals surface area contributed by atoms with Crippen LogP contribution in [0.2, 0.25) is 5.15 Å². The Morgan fingerprint density at radius 1 is 1.27 bits per heavy atom. The predicted molar refractivity (Wildman–Crippen MR) is 154 cm³/mol. The zero-order valence-electron chi connectivity index (χ0n) is 22.9. The molecule has 0 aromatic carbocycles. The number of ether oxygens (including phenoxy) is 1. The number of carbonyl (C=O) groups excluding carboxylic acids is 2.